The fraction of sp³-hybridized carbons (Fsp3) is 0.636. The molecule has 0 saturated heterocycles. The average Bonchev–Trinajstić information content (AvgIpc) is 2.40. The summed E-state index contributed by atoms with van der Waals surface area (Å²) in [7, 11) is -0.714. The van der Waals surface area contributed by atoms with E-state index in [1.165, 1.54) is 15.3 Å². The molecule has 15 heavy (non-hydrogen) atoms. The van der Waals surface area contributed by atoms with E-state index in [0.717, 1.165) is 12.3 Å². The molecular formula is C11H19NOS2. The van der Waals surface area contributed by atoms with Gasteiger partial charge in [0.25, 0.3) is 0 Å². The lowest BCUT2D eigenvalue weighted by Crippen LogP contribution is -2.30. The maximum absolute atomic E-state index is 11.0. The molecule has 0 aliphatic carbocycles. The van der Waals surface area contributed by atoms with Gasteiger partial charge in [-0.05, 0) is 32.4 Å². The average molecular weight is 245 g/mol. The maximum Gasteiger partial charge on any atom is 0.0383 e. The Balaban J connectivity index is 2.43. The van der Waals surface area contributed by atoms with Crippen molar-refractivity contribution in [3.8, 4) is 0 Å². The van der Waals surface area contributed by atoms with Crippen molar-refractivity contribution >= 4 is 22.1 Å². The van der Waals surface area contributed by atoms with Crippen molar-refractivity contribution < 1.29 is 4.21 Å². The van der Waals surface area contributed by atoms with Crippen LogP contribution in [0.25, 0.3) is 0 Å². The first-order valence-corrected chi connectivity index (χ1v) is 7.62. The number of rotatable bonds is 5. The second-order valence-corrected chi connectivity index (χ2v) is 6.90. The summed E-state index contributed by atoms with van der Waals surface area (Å²) < 4.78 is 11.0. The van der Waals surface area contributed by atoms with Gasteiger partial charge in [-0.25, -0.2) is 0 Å². The van der Waals surface area contributed by atoms with Crippen molar-refractivity contribution in [3.05, 3.63) is 21.4 Å². The van der Waals surface area contributed by atoms with Crippen molar-refractivity contribution in [1.82, 2.24) is 5.32 Å². The molecule has 0 bridgehead atoms. The number of hydrogen-bond donors (Lipinski definition) is 1. The SMILES string of the molecule is Cc1cc(CNC(C)CS(C)=O)c(C)s1. The Morgan fingerprint density at radius 2 is 2.20 bits per heavy atom. The van der Waals surface area contributed by atoms with Crippen LogP contribution in [0.1, 0.15) is 22.2 Å². The van der Waals surface area contributed by atoms with Crippen LogP contribution in [0.2, 0.25) is 0 Å². The summed E-state index contributed by atoms with van der Waals surface area (Å²) in [5.41, 5.74) is 1.37. The molecule has 0 aliphatic rings. The van der Waals surface area contributed by atoms with Crippen LogP contribution in [0, 0.1) is 13.8 Å². The minimum Gasteiger partial charge on any atom is -0.309 e. The van der Waals surface area contributed by atoms with Gasteiger partial charge in [-0.3, -0.25) is 4.21 Å². The molecular weight excluding hydrogens is 226 g/mol. The van der Waals surface area contributed by atoms with Gasteiger partial charge >= 0.3 is 0 Å². The molecule has 2 atom stereocenters. The molecule has 0 spiro atoms. The van der Waals surface area contributed by atoms with Crippen LogP contribution >= 0.6 is 11.3 Å². The lowest BCUT2D eigenvalue weighted by atomic mass is 10.2. The first kappa shape index (κ1) is 12.9. The van der Waals surface area contributed by atoms with E-state index in [4.69, 9.17) is 0 Å². The van der Waals surface area contributed by atoms with Crippen LogP contribution < -0.4 is 5.32 Å². The Labute approximate surface area is 98.6 Å². The molecule has 4 heteroatoms. The van der Waals surface area contributed by atoms with Crippen LogP contribution in [-0.2, 0) is 17.3 Å². The molecule has 1 heterocycles. The van der Waals surface area contributed by atoms with E-state index >= 15 is 0 Å². The van der Waals surface area contributed by atoms with Gasteiger partial charge in [-0.15, -0.1) is 11.3 Å². The molecule has 0 aliphatic heterocycles. The zero-order valence-electron chi connectivity index (χ0n) is 9.79. The molecule has 86 valence electrons. The first-order chi connectivity index (χ1) is 6.99. The summed E-state index contributed by atoms with van der Waals surface area (Å²) in [6.45, 7) is 7.24. The van der Waals surface area contributed by atoms with E-state index in [1.807, 2.05) is 11.3 Å². The van der Waals surface area contributed by atoms with E-state index in [-0.39, 0.29) is 0 Å². The van der Waals surface area contributed by atoms with Crippen molar-refractivity contribution in [2.45, 2.75) is 33.4 Å². The minimum absolute atomic E-state index is 0.315. The highest BCUT2D eigenvalue weighted by Gasteiger charge is 2.06. The predicted octanol–water partition coefficient (Wildman–Crippen LogP) is 2.22. The summed E-state index contributed by atoms with van der Waals surface area (Å²) in [6.07, 6.45) is 1.75. The third-order valence-electron chi connectivity index (χ3n) is 2.27. The summed E-state index contributed by atoms with van der Waals surface area (Å²) in [5, 5.41) is 3.40. The second-order valence-electron chi connectivity index (χ2n) is 3.96. The Morgan fingerprint density at radius 1 is 1.53 bits per heavy atom. The zero-order chi connectivity index (χ0) is 11.4. The van der Waals surface area contributed by atoms with Gasteiger partial charge in [0.2, 0.25) is 0 Å². The summed E-state index contributed by atoms with van der Waals surface area (Å²) in [5.74, 6) is 0.724. The number of aryl methyl sites for hydroxylation is 2. The molecule has 2 unspecified atom stereocenters. The minimum atomic E-state index is -0.714. The van der Waals surface area contributed by atoms with Gasteiger partial charge < -0.3 is 5.32 Å². The summed E-state index contributed by atoms with van der Waals surface area (Å²) >= 11 is 1.83. The first-order valence-electron chi connectivity index (χ1n) is 5.08. The predicted molar refractivity (Wildman–Crippen MR) is 69.0 cm³/mol. The molecule has 1 rings (SSSR count). The molecule has 0 fully saturated rings. The Hall–Kier alpha value is -0.190. The normalized spacial score (nSPS) is 15.2. The van der Waals surface area contributed by atoms with E-state index in [9.17, 15) is 4.21 Å². The quantitative estimate of drug-likeness (QED) is 0.862. The molecule has 0 saturated carbocycles. The maximum atomic E-state index is 11.0. The number of nitrogens with one attached hydrogen (secondary N) is 1. The molecule has 0 aromatic carbocycles. The van der Waals surface area contributed by atoms with Gasteiger partial charge in [0.15, 0.2) is 0 Å². The molecule has 0 radical (unpaired) electrons. The van der Waals surface area contributed by atoms with E-state index in [0.29, 0.717) is 6.04 Å². The highest BCUT2D eigenvalue weighted by Crippen LogP contribution is 2.20. The van der Waals surface area contributed by atoms with Crippen molar-refractivity contribution in [3.63, 3.8) is 0 Å². The molecule has 1 aromatic heterocycles. The van der Waals surface area contributed by atoms with Gasteiger partial charge in [-0.2, -0.15) is 0 Å². The van der Waals surface area contributed by atoms with Crippen molar-refractivity contribution in [2.24, 2.45) is 0 Å². The van der Waals surface area contributed by atoms with Crippen LogP contribution in [0.4, 0.5) is 0 Å². The van der Waals surface area contributed by atoms with Crippen LogP contribution in [0.3, 0.4) is 0 Å². The fourth-order valence-electron chi connectivity index (χ4n) is 1.55. The highest BCUT2D eigenvalue weighted by atomic mass is 32.2. The van der Waals surface area contributed by atoms with Crippen LogP contribution in [0.5, 0.6) is 0 Å². The Kier molecular flexibility index (Phi) is 4.96. The number of thiophene rings is 1. The fourth-order valence-corrected chi connectivity index (χ4v) is 3.32. The van der Waals surface area contributed by atoms with E-state index in [1.54, 1.807) is 6.26 Å². The van der Waals surface area contributed by atoms with Gasteiger partial charge in [-0.1, -0.05) is 0 Å². The van der Waals surface area contributed by atoms with Gasteiger partial charge in [0.1, 0.15) is 0 Å². The zero-order valence-corrected chi connectivity index (χ0v) is 11.4. The number of hydrogen-bond acceptors (Lipinski definition) is 3. The van der Waals surface area contributed by atoms with E-state index in [2.05, 4.69) is 32.2 Å². The standard InChI is InChI=1S/C11H19NOS2/c1-8(7-15(4)13)12-6-11-5-9(2)14-10(11)3/h5,8,12H,6-7H2,1-4H3. The Bertz CT molecular complexity index is 346. The smallest absolute Gasteiger partial charge is 0.0383 e. The molecule has 1 N–H and O–H groups in total. The van der Waals surface area contributed by atoms with Gasteiger partial charge in [0.05, 0.1) is 0 Å². The third kappa shape index (κ3) is 4.45. The van der Waals surface area contributed by atoms with E-state index < -0.39 is 10.8 Å². The lowest BCUT2D eigenvalue weighted by Gasteiger charge is -2.11. The van der Waals surface area contributed by atoms with Crippen molar-refractivity contribution in [2.75, 3.05) is 12.0 Å². The lowest BCUT2D eigenvalue weighted by molar-refractivity contribution is 0.587. The summed E-state index contributed by atoms with van der Waals surface area (Å²) in [6, 6.07) is 2.54. The molecule has 2 nitrogen and oxygen atoms in total. The largest absolute Gasteiger partial charge is 0.309 e. The molecule has 0 amide bonds. The Morgan fingerprint density at radius 3 is 2.67 bits per heavy atom. The van der Waals surface area contributed by atoms with Crippen molar-refractivity contribution in [1.29, 1.82) is 0 Å². The van der Waals surface area contributed by atoms with Crippen LogP contribution in [-0.4, -0.2) is 22.3 Å². The highest BCUT2D eigenvalue weighted by molar-refractivity contribution is 7.84. The van der Waals surface area contributed by atoms with Crippen LogP contribution in [0.15, 0.2) is 6.07 Å². The monoisotopic (exact) mass is 245 g/mol. The molecule has 1 aromatic rings. The topological polar surface area (TPSA) is 29.1 Å². The second kappa shape index (κ2) is 5.77. The summed E-state index contributed by atoms with van der Waals surface area (Å²) in [4.78, 5) is 2.74. The van der Waals surface area contributed by atoms with Gasteiger partial charge in [0, 0.05) is 45.1 Å². The third-order valence-corrected chi connectivity index (χ3v) is 4.25.